The fraction of sp³-hybridized carbons (Fsp3) is 0.400. The molecule has 0 atom stereocenters. The van der Waals surface area contributed by atoms with E-state index in [2.05, 4.69) is 18.5 Å². The maximum absolute atomic E-state index is 5.71. The zero-order chi connectivity index (χ0) is 12.7. The molecule has 0 amide bonds. The highest BCUT2D eigenvalue weighted by molar-refractivity contribution is 5.40. The maximum Gasteiger partial charge on any atom is 0.119 e. The first-order valence-electron chi connectivity index (χ1n) is 6.09. The average molecular weight is 231 g/mol. The average Bonchev–Trinajstić information content (AvgIpc) is 2.32. The molecule has 1 aromatic rings. The van der Waals surface area contributed by atoms with E-state index in [0.717, 1.165) is 41.5 Å². The molecule has 17 heavy (non-hydrogen) atoms. The fourth-order valence-electron chi connectivity index (χ4n) is 1.55. The Hall–Kier alpha value is -1.57. The van der Waals surface area contributed by atoms with Crippen molar-refractivity contribution >= 4 is 11.8 Å². The van der Waals surface area contributed by atoms with E-state index in [1.54, 1.807) is 6.08 Å². The first-order chi connectivity index (χ1) is 8.19. The third-order valence-electron chi connectivity index (χ3n) is 2.51. The first-order valence-corrected chi connectivity index (χ1v) is 6.09. The Labute approximate surface area is 103 Å². The molecule has 1 aromatic heterocycles. The minimum absolute atomic E-state index is 0.755. The lowest BCUT2D eigenvalue weighted by atomic mass is 10.2. The van der Waals surface area contributed by atoms with Crippen molar-refractivity contribution in [2.45, 2.75) is 33.6 Å². The summed E-state index contributed by atoms with van der Waals surface area (Å²) in [5.74, 6) is 0.884. The van der Waals surface area contributed by atoms with Gasteiger partial charge in [0, 0.05) is 10.9 Å². The predicted molar refractivity (Wildman–Crippen MR) is 72.8 cm³/mol. The Bertz CT molecular complexity index is 488. The largest absolute Gasteiger partial charge is 0.496 e. The van der Waals surface area contributed by atoms with Gasteiger partial charge in [-0.1, -0.05) is 38.1 Å². The van der Waals surface area contributed by atoms with Gasteiger partial charge < -0.3 is 4.74 Å². The van der Waals surface area contributed by atoms with Gasteiger partial charge in [-0.3, -0.25) is 0 Å². The quantitative estimate of drug-likeness (QED) is 0.725. The molecule has 0 aliphatic heterocycles. The van der Waals surface area contributed by atoms with Gasteiger partial charge in [0.1, 0.15) is 11.1 Å². The van der Waals surface area contributed by atoms with Crippen LogP contribution in [0.5, 0.6) is 0 Å². The van der Waals surface area contributed by atoms with Crippen LogP contribution in [0.15, 0.2) is 24.8 Å². The van der Waals surface area contributed by atoms with E-state index >= 15 is 0 Å². The minimum atomic E-state index is 0.755. The predicted octanol–water partition coefficient (Wildman–Crippen LogP) is 2.30. The van der Waals surface area contributed by atoms with E-state index in [1.807, 2.05) is 32.1 Å². The van der Waals surface area contributed by atoms with Gasteiger partial charge >= 0.3 is 0 Å². The van der Waals surface area contributed by atoms with Crippen LogP contribution >= 0.6 is 0 Å². The number of ether oxygens (including phenoxy) is 1. The molecule has 1 rings (SSSR count). The van der Waals surface area contributed by atoms with Gasteiger partial charge in [-0.15, -0.1) is 0 Å². The van der Waals surface area contributed by atoms with Crippen LogP contribution in [0.25, 0.3) is 11.8 Å². The Balaban J connectivity index is 3.16. The molecule has 0 saturated carbocycles. The molecule has 0 spiro atoms. The Morgan fingerprint density at radius 3 is 2.88 bits per heavy atom. The van der Waals surface area contributed by atoms with Gasteiger partial charge in [0.2, 0.25) is 0 Å². The molecule has 0 fully saturated rings. The summed E-state index contributed by atoms with van der Waals surface area (Å²) in [5, 5.41) is 1.97. The number of pyridine rings is 1. The number of hydrogen-bond donors (Lipinski definition) is 0. The molecule has 0 unspecified atom stereocenters. The van der Waals surface area contributed by atoms with Crippen molar-refractivity contribution in [2.75, 3.05) is 6.61 Å². The topological polar surface area (TPSA) is 22.1 Å². The molecule has 0 radical (unpaired) electrons. The highest BCUT2D eigenvalue weighted by Gasteiger charge is 1.96. The van der Waals surface area contributed by atoms with Crippen molar-refractivity contribution in [3.05, 3.63) is 41.0 Å². The van der Waals surface area contributed by atoms with Gasteiger partial charge in [-0.25, -0.2) is 4.98 Å². The number of rotatable bonds is 5. The molecule has 0 bridgehead atoms. The Morgan fingerprint density at radius 1 is 1.47 bits per heavy atom. The number of allylic oxidation sites excluding steroid dienone is 1. The SMILES string of the molecule is C=C/C=c1/ccc(C)n/c1=C(/C)OCCCC. The summed E-state index contributed by atoms with van der Waals surface area (Å²) in [4.78, 5) is 4.53. The third-order valence-corrected chi connectivity index (χ3v) is 2.51. The monoisotopic (exact) mass is 231 g/mol. The van der Waals surface area contributed by atoms with Gasteiger partial charge in [0.05, 0.1) is 6.61 Å². The molecule has 2 nitrogen and oxygen atoms in total. The molecule has 0 aliphatic rings. The van der Waals surface area contributed by atoms with Crippen molar-refractivity contribution in [3.8, 4) is 0 Å². The lowest BCUT2D eigenvalue weighted by molar-refractivity contribution is 0.262. The third kappa shape index (κ3) is 4.06. The summed E-state index contributed by atoms with van der Waals surface area (Å²) in [6, 6.07) is 4.05. The smallest absolute Gasteiger partial charge is 0.119 e. The molecule has 0 aromatic carbocycles. The standard InChI is InChI=1S/C15H21NO/c1-5-7-11-17-13(4)15-14(8-6-2)10-9-12(3)16-15/h6,8-10H,2,5,7,11H2,1,3-4H3/b14-8-,15-13-. The van der Waals surface area contributed by atoms with Crippen LogP contribution in [0.4, 0.5) is 0 Å². The van der Waals surface area contributed by atoms with Gasteiger partial charge in [0.25, 0.3) is 0 Å². The van der Waals surface area contributed by atoms with E-state index < -0.39 is 0 Å². The zero-order valence-electron chi connectivity index (χ0n) is 11.0. The second kappa shape index (κ2) is 6.89. The Kier molecular flexibility index (Phi) is 5.47. The molecule has 1 heterocycles. The number of hydrogen-bond acceptors (Lipinski definition) is 2. The molecule has 0 aliphatic carbocycles. The van der Waals surface area contributed by atoms with Crippen LogP contribution in [-0.2, 0) is 4.74 Å². The van der Waals surface area contributed by atoms with Gasteiger partial charge in [-0.2, -0.15) is 0 Å². The van der Waals surface area contributed by atoms with Gasteiger partial charge in [-0.05, 0) is 26.3 Å². The fourth-order valence-corrected chi connectivity index (χ4v) is 1.55. The Morgan fingerprint density at radius 2 is 2.24 bits per heavy atom. The number of unbranched alkanes of at least 4 members (excludes halogenated alkanes) is 1. The second-order valence-electron chi connectivity index (χ2n) is 4.05. The van der Waals surface area contributed by atoms with Crippen molar-refractivity contribution < 1.29 is 4.74 Å². The van der Waals surface area contributed by atoms with Gasteiger partial charge in [0.15, 0.2) is 0 Å². The van der Waals surface area contributed by atoms with Crippen LogP contribution < -0.4 is 10.6 Å². The van der Waals surface area contributed by atoms with Crippen molar-refractivity contribution in [1.29, 1.82) is 0 Å². The molecule has 0 saturated heterocycles. The van der Waals surface area contributed by atoms with E-state index in [0.29, 0.717) is 0 Å². The zero-order valence-corrected chi connectivity index (χ0v) is 11.0. The number of nitrogens with zero attached hydrogens (tertiary/aromatic N) is 1. The van der Waals surface area contributed by atoms with E-state index in [-0.39, 0.29) is 0 Å². The summed E-state index contributed by atoms with van der Waals surface area (Å²) < 4.78 is 5.71. The molecule has 0 N–H and O–H groups in total. The number of aromatic nitrogens is 1. The van der Waals surface area contributed by atoms with E-state index in [1.165, 1.54) is 0 Å². The maximum atomic E-state index is 5.71. The summed E-state index contributed by atoms with van der Waals surface area (Å²) in [6.07, 6.45) is 5.94. The summed E-state index contributed by atoms with van der Waals surface area (Å²) >= 11 is 0. The summed E-state index contributed by atoms with van der Waals surface area (Å²) in [7, 11) is 0. The van der Waals surface area contributed by atoms with Crippen LogP contribution in [0, 0.1) is 6.92 Å². The van der Waals surface area contributed by atoms with Crippen molar-refractivity contribution in [3.63, 3.8) is 0 Å². The summed E-state index contributed by atoms with van der Waals surface area (Å²) in [6.45, 7) is 10.6. The first kappa shape index (κ1) is 13.5. The highest BCUT2D eigenvalue weighted by Crippen LogP contribution is 1.96. The molecule has 2 heteroatoms. The van der Waals surface area contributed by atoms with Crippen LogP contribution in [0.3, 0.4) is 0 Å². The summed E-state index contributed by atoms with van der Waals surface area (Å²) in [5.41, 5.74) is 1.000. The van der Waals surface area contributed by atoms with Crippen molar-refractivity contribution in [2.24, 2.45) is 0 Å². The lowest BCUT2D eigenvalue weighted by Gasteiger charge is -2.05. The lowest BCUT2D eigenvalue weighted by Crippen LogP contribution is -2.31. The van der Waals surface area contributed by atoms with Crippen LogP contribution in [-0.4, -0.2) is 11.6 Å². The van der Waals surface area contributed by atoms with E-state index in [4.69, 9.17) is 4.74 Å². The van der Waals surface area contributed by atoms with E-state index in [9.17, 15) is 0 Å². The van der Waals surface area contributed by atoms with Crippen molar-refractivity contribution in [1.82, 2.24) is 4.98 Å². The highest BCUT2D eigenvalue weighted by atomic mass is 16.5. The minimum Gasteiger partial charge on any atom is -0.496 e. The second-order valence-corrected chi connectivity index (χ2v) is 4.05. The number of aryl methyl sites for hydroxylation is 1. The normalized spacial score (nSPS) is 13.5. The van der Waals surface area contributed by atoms with Crippen LogP contribution in [0.2, 0.25) is 0 Å². The molecular formula is C15H21NO. The van der Waals surface area contributed by atoms with Crippen LogP contribution in [0.1, 0.15) is 32.4 Å². The molecule has 92 valence electrons. The molecular weight excluding hydrogens is 210 g/mol.